The van der Waals surface area contributed by atoms with Gasteiger partial charge in [-0.25, -0.2) is 15.0 Å². The number of aryl methyl sites for hydroxylation is 2. The van der Waals surface area contributed by atoms with E-state index in [-0.39, 0.29) is 0 Å². The second-order valence-electron chi connectivity index (χ2n) is 6.92. The first-order valence-electron chi connectivity index (χ1n) is 8.70. The third kappa shape index (κ3) is 4.28. The summed E-state index contributed by atoms with van der Waals surface area (Å²) in [7, 11) is -0.168. The van der Waals surface area contributed by atoms with E-state index in [9.17, 15) is 8.42 Å². The first kappa shape index (κ1) is 19.3. The smallest absolute Gasteiger partial charge is 0.243 e. The molecule has 7 nitrogen and oxygen atoms in total. The van der Waals surface area contributed by atoms with Gasteiger partial charge in [0.25, 0.3) is 10.2 Å². The predicted octanol–water partition coefficient (Wildman–Crippen LogP) is 2.28. The molecule has 0 N–H and O–H groups in total. The van der Waals surface area contributed by atoms with Crippen LogP contribution in [0.25, 0.3) is 10.7 Å². The summed E-state index contributed by atoms with van der Waals surface area (Å²) in [5.74, 6) is 1.22. The third-order valence-corrected chi connectivity index (χ3v) is 7.45. The van der Waals surface area contributed by atoms with Gasteiger partial charge in [0.1, 0.15) is 16.5 Å². The Kier molecular flexibility index (Phi) is 5.71. The zero-order valence-corrected chi connectivity index (χ0v) is 17.3. The molecular formula is C17H25N5O2S2. The summed E-state index contributed by atoms with van der Waals surface area (Å²) in [5, 5.41) is 0.918. The lowest BCUT2D eigenvalue weighted by molar-refractivity contribution is 0.259. The molecule has 142 valence electrons. The Labute approximate surface area is 159 Å². The molecule has 0 amide bonds. The zero-order valence-electron chi connectivity index (χ0n) is 15.6. The Morgan fingerprint density at radius 3 is 2.50 bits per heavy atom. The molecule has 0 aromatic carbocycles. The van der Waals surface area contributed by atoms with Crippen molar-refractivity contribution in [1.29, 1.82) is 0 Å². The van der Waals surface area contributed by atoms with Crippen LogP contribution in [0, 0.1) is 19.8 Å². The number of rotatable bonds is 5. The fraction of sp³-hybridized carbons (Fsp3) is 0.588. The van der Waals surface area contributed by atoms with Crippen LogP contribution in [0.15, 0.2) is 12.3 Å². The lowest BCUT2D eigenvalue weighted by Crippen LogP contribution is -2.44. The van der Waals surface area contributed by atoms with E-state index in [1.165, 1.54) is 4.31 Å². The summed E-state index contributed by atoms with van der Waals surface area (Å²) >= 11 is 1.63. The van der Waals surface area contributed by atoms with E-state index in [1.807, 2.05) is 26.1 Å². The second-order valence-corrected chi connectivity index (χ2v) is 10.3. The number of thiazole rings is 1. The van der Waals surface area contributed by atoms with E-state index < -0.39 is 10.2 Å². The van der Waals surface area contributed by atoms with Gasteiger partial charge in [0, 0.05) is 50.4 Å². The van der Waals surface area contributed by atoms with Gasteiger partial charge in [-0.3, -0.25) is 0 Å². The van der Waals surface area contributed by atoms with E-state index >= 15 is 0 Å². The normalized spacial score (nSPS) is 17.1. The van der Waals surface area contributed by atoms with Gasteiger partial charge in [-0.1, -0.05) is 0 Å². The Morgan fingerprint density at radius 1 is 1.23 bits per heavy atom. The molecule has 0 saturated carbocycles. The van der Waals surface area contributed by atoms with E-state index in [1.54, 1.807) is 29.7 Å². The van der Waals surface area contributed by atoms with Gasteiger partial charge in [0.2, 0.25) is 0 Å². The van der Waals surface area contributed by atoms with Gasteiger partial charge >= 0.3 is 0 Å². The molecule has 1 aliphatic rings. The van der Waals surface area contributed by atoms with E-state index in [2.05, 4.69) is 9.97 Å². The first-order valence-corrected chi connectivity index (χ1v) is 10.9. The van der Waals surface area contributed by atoms with Crippen molar-refractivity contribution in [2.45, 2.75) is 33.1 Å². The van der Waals surface area contributed by atoms with Crippen molar-refractivity contribution in [3.8, 4) is 10.7 Å². The molecule has 0 aliphatic carbocycles. The highest BCUT2D eigenvalue weighted by molar-refractivity contribution is 7.86. The van der Waals surface area contributed by atoms with E-state index in [0.717, 1.165) is 46.4 Å². The molecule has 0 atom stereocenters. The molecular weight excluding hydrogens is 370 g/mol. The fourth-order valence-electron chi connectivity index (χ4n) is 3.14. The maximum absolute atomic E-state index is 12.2. The van der Waals surface area contributed by atoms with Gasteiger partial charge in [-0.15, -0.1) is 11.3 Å². The average Bonchev–Trinajstić information content (AvgIpc) is 3.01. The summed E-state index contributed by atoms with van der Waals surface area (Å²) in [6.07, 6.45) is 4.29. The zero-order chi connectivity index (χ0) is 18.9. The molecule has 1 saturated heterocycles. The average molecular weight is 396 g/mol. The van der Waals surface area contributed by atoms with Crippen molar-refractivity contribution in [1.82, 2.24) is 23.6 Å². The molecule has 0 unspecified atom stereocenters. The van der Waals surface area contributed by atoms with Crippen molar-refractivity contribution < 1.29 is 8.42 Å². The van der Waals surface area contributed by atoms with Crippen LogP contribution in [-0.2, 0) is 16.6 Å². The SMILES string of the molecule is Cc1cc(-c2ncc(C)s2)nc(CC2CCN(S(=O)(=O)N(C)C)CC2)n1. The summed E-state index contributed by atoms with van der Waals surface area (Å²) in [6.45, 7) is 5.11. The van der Waals surface area contributed by atoms with Crippen LogP contribution in [0.1, 0.15) is 29.2 Å². The molecule has 0 spiro atoms. The molecule has 1 fully saturated rings. The molecule has 2 aromatic rings. The number of hydrogen-bond acceptors (Lipinski definition) is 6. The standard InChI is InChI=1S/C17H25N5O2S2/c1-12-9-15(17-18-11-13(2)25-17)20-16(19-12)10-14-5-7-22(8-6-14)26(23,24)21(3)4/h9,11,14H,5-8,10H2,1-4H3. The van der Waals surface area contributed by atoms with Gasteiger partial charge in [-0.05, 0) is 38.7 Å². The van der Waals surface area contributed by atoms with Crippen molar-refractivity contribution in [2.75, 3.05) is 27.2 Å². The van der Waals surface area contributed by atoms with Crippen LogP contribution < -0.4 is 0 Å². The number of aromatic nitrogens is 3. The highest BCUT2D eigenvalue weighted by Crippen LogP contribution is 2.26. The van der Waals surface area contributed by atoms with Crippen LogP contribution in [-0.4, -0.2) is 59.2 Å². The van der Waals surface area contributed by atoms with E-state index in [4.69, 9.17) is 4.98 Å². The number of piperidine rings is 1. The highest BCUT2D eigenvalue weighted by atomic mass is 32.2. The highest BCUT2D eigenvalue weighted by Gasteiger charge is 2.29. The van der Waals surface area contributed by atoms with Crippen LogP contribution >= 0.6 is 11.3 Å². The quantitative estimate of drug-likeness (QED) is 0.776. The Morgan fingerprint density at radius 2 is 1.92 bits per heavy atom. The molecule has 3 rings (SSSR count). The second kappa shape index (κ2) is 7.67. The van der Waals surface area contributed by atoms with Gasteiger partial charge < -0.3 is 0 Å². The molecule has 0 bridgehead atoms. The Bertz CT molecular complexity index is 871. The molecule has 26 heavy (non-hydrogen) atoms. The van der Waals surface area contributed by atoms with Crippen molar-refractivity contribution in [3.05, 3.63) is 28.7 Å². The minimum Gasteiger partial charge on any atom is -0.243 e. The lowest BCUT2D eigenvalue weighted by atomic mass is 9.94. The topological polar surface area (TPSA) is 79.3 Å². The minimum atomic E-state index is -3.31. The molecule has 0 radical (unpaired) electrons. The lowest BCUT2D eigenvalue weighted by Gasteiger charge is -2.32. The number of nitrogens with zero attached hydrogens (tertiary/aromatic N) is 5. The summed E-state index contributed by atoms with van der Waals surface area (Å²) in [4.78, 5) is 14.9. The van der Waals surface area contributed by atoms with Crippen LogP contribution in [0.5, 0.6) is 0 Å². The van der Waals surface area contributed by atoms with Crippen LogP contribution in [0.3, 0.4) is 0 Å². The predicted molar refractivity (Wildman–Crippen MR) is 103 cm³/mol. The minimum absolute atomic E-state index is 0.399. The fourth-order valence-corrected chi connectivity index (χ4v) is 5.00. The summed E-state index contributed by atoms with van der Waals surface area (Å²) in [6, 6.07) is 1.97. The maximum atomic E-state index is 12.2. The van der Waals surface area contributed by atoms with E-state index in [0.29, 0.717) is 19.0 Å². The maximum Gasteiger partial charge on any atom is 0.281 e. The van der Waals surface area contributed by atoms with Crippen molar-refractivity contribution >= 4 is 21.5 Å². The van der Waals surface area contributed by atoms with Gasteiger partial charge in [0.05, 0.1) is 0 Å². The van der Waals surface area contributed by atoms with Gasteiger partial charge in [-0.2, -0.15) is 17.0 Å². The van der Waals surface area contributed by atoms with Crippen LogP contribution in [0.2, 0.25) is 0 Å². The molecule has 9 heteroatoms. The van der Waals surface area contributed by atoms with Crippen molar-refractivity contribution in [3.63, 3.8) is 0 Å². The number of hydrogen-bond donors (Lipinski definition) is 0. The summed E-state index contributed by atoms with van der Waals surface area (Å²) in [5.41, 5.74) is 1.81. The van der Waals surface area contributed by atoms with Crippen LogP contribution in [0.4, 0.5) is 0 Å². The molecule has 3 heterocycles. The van der Waals surface area contributed by atoms with Gasteiger partial charge in [0.15, 0.2) is 0 Å². The Hall–Kier alpha value is -1.42. The molecule has 1 aliphatic heterocycles. The monoisotopic (exact) mass is 395 g/mol. The first-order chi connectivity index (χ1) is 12.3. The Balaban J connectivity index is 1.68. The largest absolute Gasteiger partial charge is 0.281 e. The van der Waals surface area contributed by atoms with Crippen molar-refractivity contribution in [2.24, 2.45) is 5.92 Å². The molecule has 2 aromatic heterocycles. The third-order valence-electron chi connectivity index (χ3n) is 4.57. The summed E-state index contributed by atoms with van der Waals surface area (Å²) < 4.78 is 27.3.